The molecule has 2 fully saturated rings. The molecule has 6 heteroatoms. The highest BCUT2D eigenvalue weighted by Crippen LogP contribution is 2.44. The van der Waals surface area contributed by atoms with Crippen LogP contribution in [0.2, 0.25) is 0 Å². The number of thiocarbonyl (C=S) groups is 1. The van der Waals surface area contributed by atoms with E-state index in [9.17, 15) is 0 Å². The molecule has 0 unspecified atom stereocenters. The highest BCUT2D eigenvalue weighted by atomic mass is 32.1. The average molecular weight is 317 g/mol. The topological polar surface area (TPSA) is 54.9 Å². The van der Waals surface area contributed by atoms with Crippen molar-refractivity contribution in [2.75, 3.05) is 6.79 Å². The second kappa shape index (κ2) is 5.76. The van der Waals surface area contributed by atoms with Crippen LogP contribution in [0.4, 0.5) is 0 Å². The molecule has 3 atom stereocenters. The zero-order valence-corrected chi connectivity index (χ0v) is 13.1. The van der Waals surface area contributed by atoms with Crippen LogP contribution in [0, 0.1) is 11.8 Å². The first kappa shape index (κ1) is 13.8. The van der Waals surface area contributed by atoms with Crippen molar-refractivity contribution >= 4 is 23.5 Å². The van der Waals surface area contributed by atoms with Crippen LogP contribution in [0.1, 0.15) is 31.2 Å². The van der Waals surface area contributed by atoms with Crippen molar-refractivity contribution in [2.45, 2.75) is 31.7 Å². The molecule has 1 aromatic carbocycles. The molecular weight excluding hydrogens is 298 g/mol. The van der Waals surface area contributed by atoms with Gasteiger partial charge in [-0.05, 0) is 67.1 Å². The van der Waals surface area contributed by atoms with Gasteiger partial charge in [0.15, 0.2) is 16.6 Å². The lowest BCUT2D eigenvalue weighted by molar-refractivity contribution is 0.174. The van der Waals surface area contributed by atoms with Crippen molar-refractivity contribution in [1.29, 1.82) is 0 Å². The molecule has 1 heterocycles. The van der Waals surface area contributed by atoms with Crippen molar-refractivity contribution in [3.63, 3.8) is 0 Å². The summed E-state index contributed by atoms with van der Waals surface area (Å²) in [4.78, 5) is 0. The summed E-state index contributed by atoms with van der Waals surface area (Å²) in [5, 5.41) is 8.20. The Hall–Kier alpha value is -1.82. The Morgan fingerprint density at radius 1 is 1.23 bits per heavy atom. The van der Waals surface area contributed by atoms with Crippen LogP contribution in [0.25, 0.3) is 0 Å². The molecule has 22 heavy (non-hydrogen) atoms. The van der Waals surface area contributed by atoms with E-state index in [1.54, 1.807) is 6.21 Å². The van der Waals surface area contributed by atoms with Crippen molar-refractivity contribution in [1.82, 2.24) is 10.7 Å². The SMILES string of the molecule is S=C(N/N=C\c1ccc2c(c1)OCO2)N[C@H]1C[C@@H]2CC[C@@H]1C2. The fraction of sp³-hybridized carbons (Fsp3) is 0.500. The third-order valence-corrected chi connectivity index (χ3v) is 5.04. The predicted molar refractivity (Wildman–Crippen MR) is 88.3 cm³/mol. The van der Waals surface area contributed by atoms with E-state index in [-0.39, 0.29) is 6.79 Å². The molecule has 0 radical (unpaired) electrons. The summed E-state index contributed by atoms with van der Waals surface area (Å²) in [5.74, 6) is 3.23. The van der Waals surface area contributed by atoms with Crippen molar-refractivity contribution < 1.29 is 9.47 Å². The van der Waals surface area contributed by atoms with Crippen molar-refractivity contribution in [3.05, 3.63) is 23.8 Å². The van der Waals surface area contributed by atoms with Crippen LogP contribution < -0.4 is 20.2 Å². The number of nitrogens with zero attached hydrogens (tertiary/aromatic N) is 1. The molecule has 1 aliphatic heterocycles. The summed E-state index contributed by atoms with van der Waals surface area (Å²) in [7, 11) is 0. The first-order chi connectivity index (χ1) is 10.8. The Kier molecular flexibility index (Phi) is 3.62. The molecule has 4 rings (SSSR count). The van der Waals surface area contributed by atoms with Crippen molar-refractivity contribution in [3.8, 4) is 11.5 Å². The van der Waals surface area contributed by atoms with E-state index < -0.39 is 0 Å². The third-order valence-electron chi connectivity index (χ3n) is 4.83. The van der Waals surface area contributed by atoms with Crippen LogP contribution in [-0.2, 0) is 0 Å². The summed E-state index contributed by atoms with van der Waals surface area (Å²) in [6.07, 6.45) is 7.08. The molecule has 3 aliphatic rings. The maximum absolute atomic E-state index is 5.34. The lowest BCUT2D eigenvalue weighted by Gasteiger charge is -2.23. The van der Waals surface area contributed by atoms with Gasteiger partial charge in [0.2, 0.25) is 6.79 Å². The zero-order valence-electron chi connectivity index (χ0n) is 12.2. The first-order valence-corrected chi connectivity index (χ1v) is 8.18. The van der Waals surface area contributed by atoms with Crippen LogP contribution >= 0.6 is 12.2 Å². The minimum absolute atomic E-state index is 0.283. The fourth-order valence-electron chi connectivity index (χ4n) is 3.78. The Morgan fingerprint density at radius 3 is 2.95 bits per heavy atom. The predicted octanol–water partition coefficient (Wildman–Crippen LogP) is 2.40. The number of hydrogen-bond donors (Lipinski definition) is 2. The first-order valence-electron chi connectivity index (χ1n) is 7.77. The Balaban J connectivity index is 1.29. The lowest BCUT2D eigenvalue weighted by atomic mass is 9.96. The Labute approximate surface area is 135 Å². The molecule has 1 aromatic rings. The van der Waals surface area contributed by atoms with Gasteiger partial charge in [0.25, 0.3) is 0 Å². The van der Waals surface area contributed by atoms with Crippen LogP contribution in [-0.4, -0.2) is 24.2 Å². The molecule has 116 valence electrons. The van der Waals surface area contributed by atoms with Gasteiger partial charge in [0.1, 0.15) is 0 Å². The molecule has 5 nitrogen and oxygen atoms in total. The molecule has 0 amide bonds. The number of rotatable bonds is 3. The van der Waals surface area contributed by atoms with Gasteiger partial charge < -0.3 is 14.8 Å². The summed E-state index contributed by atoms with van der Waals surface area (Å²) in [6.45, 7) is 0.283. The van der Waals surface area contributed by atoms with E-state index in [1.165, 1.54) is 25.7 Å². The summed E-state index contributed by atoms with van der Waals surface area (Å²) < 4.78 is 10.6. The maximum atomic E-state index is 5.34. The van der Waals surface area contributed by atoms with Gasteiger partial charge in [-0.3, -0.25) is 5.43 Å². The minimum Gasteiger partial charge on any atom is -0.454 e. The second-order valence-corrected chi connectivity index (χ2v) is 6.65. The standard InChI is InChI=1S/C16H19N3O2S/c22-16(18-13-6-10-1-3-12(13)5-10)19-17-8-11-2-4-14-15(7-11)21-9-20-14/h2,4,7-8,10,12-13H,1,3,5-6,9H2,(H2,18,19,22)/b17-8-/t10-,12-,13+/m1/s1. The van der Waals surface area contributed by atoms with E-state index >= 15 is 0 Å². The smallest absolute Gasteiger partial charge is 0.231 e. The molecule has 0 aromatic heterocycles. The van der Waals surface area contributed by atoms with Crippen LogP contribution in [0.3, 0.4) is 0 Å². The summed E-state index contributed by atoms with van der Waals surface area (Å²) >= 11 is 5.32. The summed E-state index contributed by atoms with van der Waals surface area (Å²) in [6, 6.07) is 6.25. The van der Waals surface area contributed by atoms with Gasteiger partial charge in [-0.25, -0.2) is 0 Å². The third kappa shape index (κ3) is 2.75. The number of hydrogen-bond acceptors (Lipinski definition) is 4. The molecule has 2 aliphatic carbocycles. The normalized spacial score (nSPS) is 28.3. The van der Waals surface area contributed by atoms with E-state index in [0.717, 1.165) is 28.9 Å². The average Bonchev–Trinajstić information content (AvgIpc) is 3.22. The highest BCUT2D eigenvalue weighted by Gasteiger charge is 2.39. The Bertz CT molecular complexity index is 619. The molecule has 2 saturated carbocycles. The maximum Gasteiger partial charge on any atom is 0.231 e. The van der Waals surface area contributed by atoms with Gasteiger partial charge in [-0.15, -0.1) is 0 Å². The summed E-state index contributed by atoms with van der Waals surface area (Å²) in [5.41, 5.74) is 3.85. The monoisotopic (exact) mass is 317 g/mol. The van der Waals surface area contributed by atoms with Gasteiger partial charge in [0.05, 0.1) is 6.21 Å². The number of benzene rings is 1. The molecule has 0 spiro atoms. The van der Waals surface area contributed by atoms with Crippen LogP contribution in [0.5, 0.6) is 11.5 Å². The number of hydrazone groups is 1. The molecular formula is C16H19N3O2S. The van der Waals surface area contributed by atoms with E-state index in [0.29, 0.717) is 11.2 Å². The largest absolute Gasteiger partial charge is 0.454 e. The Morgan fingerprint density at radius 2 is 2.14 bits per heavy atom. The molecule has 2 N–H and O–H groups in total. The van der Waals surface area contributed by atoms with Gasteiger partial charge in [-0.2, -0.15) is 5.10 Å². The number of fused-ring (bicyclic) bond motifs is 3. The number of nitrogens with one attached hydrogen (secondary N) is 2. The van der Waals surface area contributed by atoms with Gasteiger partial charge in [0, 0.05) is 6.04 Å². The number of ether oxygens (including phenoxy) is 2. The van der Waals surface area contributed by atoms with Crippen molar-refractivity contribution in [2.24, 2.45) is 16.9 Å². The highest BCUT2D eigenvalue weighted by molar-refractivity contribution is 7.80. The van der Waals surface area contributed by atoms with E-state index in [2.05, 4.69) is 15.8 Å². The molecule has 2 bridgehead atoms. The van der Waals surface area contributed by atoms with E-state index in [1.807, 2.05) is 18.2 Å². The minimum atomic E-state index is 0.283. The zero-order chi connectivity index (χ0) is 14.9. The van der Waals surface area contributed by atoms with Gasteiger partial charge in [-0.1, -0.05) is 6.42 Å². The second-order valence-electron chi connectivity index (χ2n) is 6.24. The fourth-order valence-corrected chi connectivity index (χ4v) is 3.99. The van der Waals surface area contributed by atoms with Gasteiger partial charge >= 0.3 is 0 Å². The van der Waals surface area contributed by atoms with E-state index in [4.69, 9.17) is 21.7 Å². The quantitative estimate of drug-likeness (QED) is 0.509. The molecule has 0 saturated heterocycles. The van der Waals surface area contributed by atoms with Crippen LogP contribution in [0.15, 0.2) is 23.3 Å². The lowest BCUT2D eigenvalue weighted by Crippen LogP contribution is -2.42.